The molecular formula is C16H22BN3O4S. The predicted octanol–water partition coefficient (Wildman–Crippen LogP) is 0.558. The van der Waals surface area contributed by atoms with Crippen molar-refractivity contribution in [2.24, 2.45) is 5.92 Å². The van der Waals surface area contributed by atoms with Crippen molar-refractivity contribution < 1.29 is 18.1 Å². The second-order valence-corrected chi connectivity index (χ2v) is 9.38. The Bertz CT molecular complexity index is 903. The molecule has 25 heavy (non-hydrogen) atoms. The molecule has 4 heterocycles. The molecule has 7 nitrogen and oxygen atoms in total. The Morgan fingerprint density at radius 1 is 1.44 bits per heavy atom. The summed E-state index contributed by atoms with van der Waals surface area (Å²) in [7, 11) is -4.27. The lowest BCUT2D eigenvalue weighted by atomic mass is 9.76. The molecule has 0 aromatic carbocycles. The monoisotopic (exact) mass is 363 g/mol. The lowest BCUT2D eigenvalue weighted by molar-refractivity contribution is 0.0134. The maximum atomic E-state index is 12.5. The van der Waals surface area contributed by atoms with Gasteiger partial charge >= 0.3 is 7.12 Å². The SMILES string of the molecule is CC(C)CS(=O)(=O)N1CCC2(CC1)OB(O)c1cnc3[nH]ccc3c12. The summed E-state index contributed by atoms with van der Waals surface area (Å²) in [6.45, 7) is 4.61. The molecule has 4 rings (SSSR count). The molecule has 0 saturated carbocycles. The van der Waals surface area contributed by atoms with Crippen molar-refractivity contribution in [1.82, 2.24) is 14.3 Å². The molecule has 2 aliphatic heterocycles. The molecule has 0 radical (unpaired) electrons. The van der Waals surface area contributed by atoms with Gasteiger partial charge in [-0.25, -0.2) is 17.7 Å². The summed E-state index contributed by atoms with van der Waals surface area (Å²) in [4.78, 5) is 7.41. The highest BCUT2D eigenvalue weighted by Gasteiger charge is 2.50. The summed E-state index contributed by atoms with van der Waals surface area (Å²) in [5.41, 5.74) is 1.74. The Morgan fingerprint density at radius 2 is 2.16 bits per heavy atom. The molecule has 2 aromatic rings. The van der Waals surface area contributed by atoms with Gasteiger partial charge in [0, 0.05) is 36.3 Å². The van der Waals surface area contributed by atoms with Gasteiger partial charge in [-0.15, -0.1) is 0 Å². The first-order valence-corrected chi connectivity index (χ1v) is 10.2. The van der Waals surface area contributed by atoms with Gasteiger partial charge in [0.25, 0.3) is 0 Å². The summed E-state index contributed by atoms with van der Waals surface area (Å²) in [5.74, 6) is 0.253. The van der Waals surface area contributed by atoms with E-state index in [9.17, 15) is 13.4 Å². The molecule has 1 fully saturated rings. The third-order valence-corrected chi connectivity index (χ3v) is 7.38. The highest BCUT2D eigenvalue weighted by Crippen LogP contribution is 2.43. The molecule has 0 aliphatic carbocycles. The smallest absolute Gasteiger partial charge is 0.423 e. The maximum Gasteiger partial charge on any atom is 0.493 e. The van der Waals surface area contributed by atoms with Gasteiger partial charge in [-0.05, 0) is 30.4 Å². The number of hydrogen-bond donors (Lipinski definition) is 2. The van der Waals surface area contributed by atoms with Crippen molar-refractivity contribution in [2.75, 3.05) is 18.8 Å². The van der Waals surface area contributed by atoms with Gasteiger partial charge in [-0.2, -0.15) is 0 Å². The number of rotatable bonds is 3. The van der Waals surface area contributed by atoms with Crippen LogP contribution < -0.4 is 5.46 Å². The van der Waals surface area contributed by atoms with Gasteiger partial charge < -0.3 is 14.7 Å². The van der Waals surface area contributed by atoms with Crippen LogP contribution in [0.15, 0.2) is 18.5 Å². The van der Waals surface area contributed by atoms with E-state index < -0.39 is 22.7 Å². The molecule has 2 aromatic heterocycles. The number of hydrogen-bond acceptors (Lipinski definition) is 5. The van der Waals surface area contributed by atoms with Gasteiger partial charge in [-0.3, -0.25) is 0 Å². The summed E-state index contributed by atoms with van der Waals surface area (Å²) in [6, 6.07) is 1.94. The van der Waals surface area contributed by atoms with E-state index >= 15 is 0 Å². The first-order valence-electron chi connectivity index (χ1n) is 8.62. The molecular weight excluding hydrogens is 341 g/mol. The van der Waals surface area contributed by atoms with Crippen LogP contribution in [0.4, 0.5) is 0 Å². The van der Waals surface area contributed by atoms with E-state index in [0.717, 1.165) is 16.6 Å². The molecule has 2 N–H and O–H groups in total. The van der Waals surface area contributed by atoms with E-state index in [1.165, 1.54) is 0 Å². The van der Waals surface area contributed by atoms with Gasteiger partial charge in [0.1, 0.15) is 5.65 Å². The third-order valence-electron chi connectivity index (χ3n) is 5.14. The summed E-state index contributed by atoms with van der Waals surface area (Å²) < 4.78 is 32.5. The number of nitrogens with zero attached hydrogens (tertiary/aromatic N) is 2. The molecule has 0 amide bonds. The highest BCUT2D eigenvalue weighted by atomic mass is 32.2. The van der Waals surface area contributed by atoms with Crippen LogP contribution in [0.2, 0.25) is 0 Å². The van der Waals surface area contributed by atoms with Crippen LogP contribution in [0.5, 0.6) is 0 Å². The van der Waals surface area contributed by atoms with Crippen LogP contribution in [0.25, 0.3) is 11.0 Å². The van der Waals surface area contributed by atoms with Gasteiger partial charge in [0.2, 0.25) is 10.0 Å². The normalized spacial score (nSPS) is 20.7. The third kappa shape index (κ3) is 2.70. The van der Waals surface area contributed by atoms with Crippen molar-refractivity contribution in [1.29, 1.82) is 0 Å². The fourth-order valence-corrected chi connectivity index (χ4v) is 5.87. The first kappa shape index (κ1) is 17.0. The highest BCUT2D eigenvalue weighted by molar-refractivity contribution is 7.89. The summed E-state index contributed by atoms with van der Waals surface area (Å²) in [5, 5.41) is 11.3. The minimum Gasteiger partial charge on any atom is -0.423 e. The van der Waals surface area contributed by atoms with E-state index in [4.69, 9.17) is 4.65 Å². The van der Waals surface area contributed by atoms with Crippen molar-refractivity contribution in [3.63, 3.8) is 0 Å². The molecule has 1 saturated heterocycles. The molecule has 0 bridgehead atoms. The lowest BCUT2D eigenvalue weighted by Gasteiger charge is -2.39. The molecule has 0 unspecified atom stereocenters. The van der Waals surface area contributed by atoms with Crippen molar-refractivity contribution in [3.8, 4) is 0 Å². The van der Waals surface area contributed by atoms with E-state index in [0.29, 0.717) is 31.4 Å². The quantitative estimate of drug-likeness (QED) is 0.777. The summed E-state index contributed by atoms with van der Waals surface area (Å²) >= 11 is 0. The van der Waals surface area contributed by atoms with Crippen molar-refractivity contribution >= 4 is 33.6 Å². The Kier molecular flexibility index (Phi) is 3.95. The fraction of sp³-hybridized carbons (Fsp3) is 0.562. The minimum absolute atomic E-state index is 0.0942. The molecule has 1 spiro atoms. The second kappa shape index (κ2) is 5.80. The number of sulfonamides is 1. The molecule has 2 aliphatic rings. The van der Waals surface area contributed by atoms with Crippen LogP contribution in [0.1, 0.15) is 32.3 Å². The fourth-order valence-electron chi connectivity index (χ4n) is 4.08. The summed E-state index contributed by atoms with van der Waals surface area (Å²) in [6.07, 6.45) is 4.52. The number of aromatic amines is 1. The van der Waals surface area contributed by atoms with Crippen molar-refractivity contribution in [3.05, 3.63) is 24.0 Å². The first-order chi connectivity index (χ1) is 11.8. The minimum atomic E-state index is -3.25. The maximum absolute atomic E-state index is 12.5. The molecule has 0 atom stereocenters. The van der Waals surface area contributed by atoms with Gasteiger partial charge in [-0.1, -0.05) is 13.8 Å². The van der Waals surface area contributed by atoms with Crippen LogP contribution in [-0.2, 0) is 20.3 Å². The van der Waals surface area contributed by atoms with E-state index in [2.05, 4.69) is 9.97 Å². The molecule has 134 valence electrons. The van der Waals surface area contributed by atoms with Crippen LogP contribution >= 0.6 is 0 Å². The van der Waals surface area contributed by atoms with Crippen LogP contribution in [0, 0.1) is 5.92 Å². The lowest BCUT2D eigenvalue weighted by Crippen LogP contribution is -2.46. The topological polar surface area (TPSA) is 95.5 Å². The van der Waals surface area contributed by atoms with E-state index in [1.54, 1.807) is 10.5 Å². The van der Waals surface area contributed by atoms with E-state index in [-0.39, 0.29) is 11.7 Å². The van der Waals surface area contributed by atoms with Gasteiger partial charge in [0.05, 0.1) is 11.4 Å². The average molecular weight is 363 g/mol. The second-order valence-electron chi connectivity index (χ2n) is 7.36. The Hall–Kier alpha value is -1.42. The number of pyridine rings is 1. The number of H-pyrrole nitrogens is 1. The Labute approximate surface area is 147 Å². The Morgan fingerprint density at radius 3 is 2.84 bits per heavy atom. The standard InChI is InChI=1S/C16H22BN3O4S/c1-11(2)10-25(22,23)20-7-4-16(5-8-20)14-12-3-6-18-15(12)19-9-13(14)17(21)24-16/h3,6,9,11,21H,4-5,7-8,10H2,1-2H3,(H,18,19). The zero-order chi connectivity index (χ0) is 17.8. The number of fused-ring (bicyclic) bond motifs is 4. The average Bonchev–Trinajstić information content (AvgIpc) is 3.10. The predicted molar refractivity (Wildman–Crippen MR) is 95.9 cm³/mol. The van der Waals surface area contributed by atoms with Gasteiger partial charge in [0.15, 0.2) is 0 Å². The number of aromatic nitrogens is 2. The zero-order valence-electron chi connectivity index (χ0n) is 14.4. The largest absolute Gasteiger partial charge is 0.493 e. The zero-order valence-corrected chi connectivity index (χ0v) is 15.2. The molecule has 9 heteroatoms. The number of piperidine rings is 1. The van der Waals surface area contributed by atoms with Crippen LogP contribution in [0.3, 0.4) is 0 Å². The van der Waals surface area contributed by atoms with E-state index in [1.807, 2.05) is 26.1 Å². The number of nitrogens with one attached hydrogen (secondary N) is 1. The van der Waals surface area contributed by atoms with Crippen molar-refractivity contribution in [2.45, 2.75) is 32.3 Å². The Balaban J connectivity index is 1.66. The van der Waals surface area contributed by atoms with Crippen LogP contribution in [-0.4, -0.2) is 53.7 Å².